The monoisotopic (exact) mass is 441 g/mol. The molecule has 0 saturated heterocycles. The summed E-state index contributed by atoms with van der Waals surface area (Å²) >= 11 is 0. The lowest BCUT2D eigenvalue weighted by Gasteiger charge is -2.30. The fourth-order valence-electron chi connectivity index (χ4n) is 4.62. The van der Waals surface area contributed by atoms with E-state index in [2.05, 4.69) is 36.9 Å². The summed E-state index contributed by atoms with van der Waals surface area (Å²) in [6.45, 7) is 5.88. The normalized spacial score (nSPS) is 13.7. The molecule has 168 valence electrons. The first-order chi connectivity index (χ1) is 16.0. The third-order valence-corrected chi connectivity index (χ3v) is 6.26. The largest absolute Gasteiger partial charge is 0.332 e. The quantitative estimate of drug-likeness (QED) is 0.484. The Labute approximate surface area is 191 Å². The SMILES string of the molecule is Cc1ccc(N2CCCn3c2nc2c3c(=O)n(C/C=C/c3ccccc3)c(=O)n2C)c(C)c1. The van der Waals surface area contributed by atoms with Gasteiger partial charge in [-0.2, -0.15) is 4.98 Å². The maximum absolute atomic E-state index is 13.5. The zero-order chi connectivity index (χ0) is 23.1. The van der Waals surface area contributed by atoms with E-state index < -0.39 is 0 Å². The Balaban J connectivity index is 1.62. The maximum atomic E-state index is 13.5. The van der Waals surface area contributed by atoms with Crippen molar-refractivity contribution in [1.82, 2.24) is 18.7 Å². The van der Waals surface area contributed by atoms with Crippen LogP contribution >= 0.6 is 0 Å². The van der Waals surface area contributed by atoms with E-state index in [4.69, 9.17) is 4.98 Å². The second-order valence-electron chi connectivity index (χ2n) is 8.60. The van der Waals surface area contributed by atoms with Crippen LogP contribution < -0.4 is 16.1 Å². The van der Waals surface area contributed by atoms with Crippen LogP contribution in [0.4, 0.5) is 11.6 Å². The minimum atomic E-state index is -0.362. The summed E-state index contributed by atoms with van der Waals surface area (Å²) in [5.74, 6) is 0.716. The molecular weight excluding hydrogens is 414 g/mol. The van der Waals surface area contributed by atoms with Gasteiger partial charge in [0.2, 0.25) is 5.95 Å². The third kappa shape index (κ3) is 3.59. The Hall–Kier alpha value is -3.87. The molecule has 4 aromatic rings. The van der Waals surface area contributed by atoms with Crippen molar-refractivity contribution < 1.29 is 0 Å². The van der Waals surface area contributed by atoms with Gasteiger partial charge < -0.3 is 9.47 Å². The molecule has 0 atom stereocenters. The Morgan fingerprint density at radius 1 is 1.03 bits per heavy atom. The number of hydrogen-bond acceptors (Lipinski definition) is 4. The lowest BCUT2D eigenvalue weighted by atomic mass is 10.1. The van der Waals surface area contributed by atoms with Crippen molar-refractivity contribution in [2.45, 2.75) is 33.4 Å². The molecule has 3 heterocycles. The summed E-state index contributed by atoms with van der Waals surface area (Å²) in [6.07, 6.45) is 4.66. The molecule has 2 aromatic heterocycles. The predicted molar refractivity (Wildman–Crippen MR) is 132 cm³/mol. The van der Waals surface area contributed by atoms with E-state index in [1.807, 2.05) is 47.1 Å². The van der Waals surface area contributed by atoms with Crippen LogP contribution in [-0.2, 0) is 20.1 Å². The smallest absolute Gasteiger partial charge is 0.312 e. The average Bonchev–Trinajstić information content (AvgIpc) is 3.21. The van der Waals surface area contributed by atoms with Crippen LogP contribution in [-0.4, -0.2) is 25.2 Å². The van der Waals surface area contributed by atoms with Gasteiger partial charge in [0.1, 0.15) is 0 Å². The first-order valence-corrected chi connectivity index (χ1v) is 11.2. The molecule has 33 heavy (non-hydrogen) atoms. The zero-order valence-corrected chi connectivity index (χ0v) is 19.2. The Bertz CT molecular complexity index is 1490. The van der Waals surface area contributed by atoms with Crippen LogP contribution in [0.1, 0.15) is 23.1 Å². The third-order valence-electron chi connectivity index (χ3n) is 6.26. The Morgan fingerprint density at radius 3 is 2.58 bits per heavy atom. The summed E-state index contributed by atoms with van der Waals surface area (Å²) in [4.78, 5) is 33.4. The number of fused-ring (bicyclic) bond motifs is 3. The number of allylic oxidation sites excluding steroid dienone is 1. The summed E-state index contributed by atoms with van der Waals surface area (Å²) in [5, 5.41) is 0. The van der Waals surface area contributed by atoms with Gasteiger partial charge in [0.15, 0.2) is 11.2 Å². The van der Waals surface area contributed by atoms with Crippen LogP contribution in [0.5, 0.6) is 0 Å². The molecule has 0 radical (unpaired) electrons. The highest BCUT2D eigenvalue weighted by Gasteiger charge is 2.27. The Kier molecular flexibility index (Phi) is 5.24. The molecule has 0 unspecified atom stereocenters. The number of aryl methyl sites for hydroxylation is 4. The van der Waals surface area contributed by atoms with Crippen molar-refractivity contribution in [3.8, 4) is 0 Å². The van der Waals surface area contributed by atoms with E-state index in [1.165, 1.54) is 14.7 Å². The second kappa shape index (κ2) is 8.24. The molecule has 7 nitrogen and oxygen atoms in total. The van der Waals surface area contributed by atoms with E-state index in [1.54, 1.807) is 7.05 Å². The molecule has 0 bridgehead atoms. The summed E-state index contributed by atoms with van der Waals surface area (Å²) in [6, 6.07) is 16.2. The molecule has 1 aliphatic rings. The van der Waals surface area contributed by atoms with Gasteiger partial charge >= 0.3 is 5.69 Å². The van der Waals surface area contributed by atoms with Crippen LogP contribution in [0.2, 0.25) is 0 Å². The number of rotatable bonds is 4. The van der Waals surface area contributed by atoms with Gasteiger partial charge in [-0.3, -0.25) is 13.9 Å². The molecule has 0 N–H and O–H groups in total. The van der Waals surface area contributed by atoms with Gasteiger partial charge in [0.05, 0.1) is 0 Å². The van der Waals surface area contributed by atoms with Crippen LogP contribution in [0.25, 0.3) is 17.2 Å². The van der Waals surface area contributed by atoms with Crippen molar-refractivity contribution in [3.63, 3.8) is 0 Å². The average molecular weight is 442 g/mol. The number of imidazole rings is 1. The lowest BCUT2D eigenvalue weighted by Crippen LogP contribution is -2.39. The highest BCUT2D eigenvalue weighted by Crippen LogP contribution is 2.33. The van der Waals surface area contributed by atoms with E-state index in [0.29, 0.717) is 23.7 Å². The van der Waals surface area contributed by atoms with Crippen LogP contribution in [0.3, 0.4) is 0 Å². The molecule has 0 spiro atoms. The number of aromatic nitrogens is 4. The van der Waals surface area contributed by atoms with Crippen LogP contribution in [0.15, 0.2) is 64.2 Å². The highest BCUT2D eigenvalue weighted by atomic mass is 16.2. The van der Waals surface area contributed by atoms with Crippen molar-refractivity contribution in [1.29, 1.82) is 0 Å². The molecule has 2 aromatic carbocycles. The van der Waals surface area contributed by atoms with Gasteiger partial charge in [0, 0.05) is 32.4 Å². The molecule has 0 fully saturated rings. The van der Waals surface area contributed by atoms with E-state index in [-0.39, 0.29) is 17.8 Å². The van der Waals surface area contributed by atoms with Gasteiger partial charge in [0.25, 0.3) is 5.56 Å². The standard InChI is InChI=1S/C26H27N5O2/c1-18-12-13-21(19(2)17-18)29-15-8-16-30-22-23(27-25(29)30)28(3)26(33)31(24(22)32)14-7-11-20-9-5-4-6-10-20/h4-7,9-13,17H,8,14-16H2,1-3H3/b11-7+. The lowest BCUT2D eigenvalue weighted by molar-refractivity contribution is 0.598. The second-order valence-corrected chi connectivity index (χ2v) is 8.60. The molecule has 0 aliphatic carbocycles. The van der Waals surface area contributed by atoms with E-state index in [9.17, 15) is 9.59 Å². The number of anilines is 2. The fourth-order valence-corrected chi connectivity index (χ4v) is 4.62. The molecular formula is C26H27N5O2. The number of nitrogens with zero attached hydrogens (tertiary/aromatic N) is 5. The first-order valence-electron chi connectivity index (χ1n) is 11.2. The van der Waals surface area contributed by atoms with Crippen LogP contribution in [0, 0.1) is 13.8 Å². The van der Waals surface area contributed by atoms with Crippen molar-refractivity contribution in [2.24, 2.45) is 7.05 Å². The summed E-state index contributed by atoms with van der Waals surface area (Å²) < 4.78 is 4.74. The van der Waals surface area contributed by atoms with E-state index in [0.717, 1.165) is 29.8 Å². The van der Waals surface area contributed by atoms with Crippen molar-refractivity contribution in [2.75, 3.05) is 11.4 Å². The van der Waals surface area contributed by atoms with Gasteiger partial charge in [-0.25, -0.2) is 4.79 Å². The number of hydrogen-bond donors (Lipinski definition) is 0. The molecule has 0 amide bonds. The highest BCUT2D eigenvalue weighted by molar-refractivity contribution is 5.77. The van der Waals surface area contributed by atoms with Gasteiger partial charge in [-0.15, -0.1) is 0 Å². The molecule has 1 aliphatic heterocycles. The van der Waals surface area contributed by atoms with Gasteiger partial charge in [-0.05, 0) is 37.5 Å². The minimum Gasteiger partial charge on any atom is -0.312 e. The van der Waals surface area contributed by atoms with E-state index >= 15 is 0 Å². The Morgan fingerprint density at radius 2 is 1.82 bits per heavy atom. The molecule has 5 rings (SSSR count). The fraction of sp³-hybridized carbons (Fsp3) is 0.269. The topological polar surface area (TPSA) is 65.1 Å². The van der Waals surface area contributed by atoms with Gasteiger partial charge in [-0.1, -0.05) is 60.2 Å². The number of benzene rings is 2. The summed E-state index contributed by atoms with van der Waals surface area (Å²) in [5.41, 5.74) is 4.71. The first kappa shape index (κ1) is 21.0. The maximum Gasteiger partial charge on any atom is 0.332 e. The molecule has 7 heteroatoms. The predicted octanol–water partition coefficient (Wildman–Crippen LogP) is 3.77. The minimum absolute atomic E-state index is 0.206. The molecule has 0 saturated carbocycles. The van der Waals surface area contributed by atoms with Crippen molar-refractivity contribution >= 4 is 28.9 Å². The zero-order valence-electron chi connectivity index (χ0n) is 19.2. The summed E-state index contributed by atoms with van der Waals surface area (Å²) in [7, 11) is 1.68. The van der Waals surface area contributed by atoms with Crippen molar-refractivity contribution in [3.05, 3.63) is 92.1 Å².